The van der Waals surface area contributed by atoms with E-state index in [1.807, 2.05) is 0 Å². The summed E-state index contributed by atoms with van der Waals surface area (Å²) in [4.78, 5) is 29.9. The van der Waals surface area contributed by atoms with E-state index in [-0.39, 0.29) is 24.2 Å². The second kappa shape index (κ2) is 7.31. The number of carboxylic acid groups (broad SMARTS) is 1. The van der Waals surface area contributed by atoms with Gasteiger partial charge < -0.3 is 10.0 Å². The monoisotopic (exact) mass is 366 g/mol. The first-order chi connectivity index (χ1) is 11.6. The first-order valence-electron chi connectivity index (χ1n) is 7.37. The van der Waals surface area contributed by atoms with E-state index >= 15 is 0 Å². The fourth-order valence-corrected chi connectivity index (χ4v) is 4.53. The zero-order valence-electron chi connectivity index (χ0n) is 12.6. The van der Waals surface area contributed by atoms with Crippen molar-refractivity contribution in [2.75, 3.05) is 18.1 Å². The Bertz CT molecular complexity index is 765. The number of thioether (sulfide) groups is 1. The number of benzene rings is 1. The third-order valence-electron chi connectivity index (χ3n) is 3.72. The number of carbonyl (C=O) groups excluding carboxylic acids is 1. The Morgan fingerprint density at radius 1 is 1.38 bits per heavy atom. The molecule has 24 heavy (non-hydrogen) atoms. The van der Waals surface area contributed by atoms with Gasteiger partial charge in [-0.1, -0.05) is 12.1 Å². The molecule has 0 aliphatic carbocycles. The topological polar surface area (TPSA) is 70.5 Å². The van der Waals surface area contributed by atoms with Crippen LogP contribution in [0.4, 0.5) is 4.39 Å². The quantitative estimate of drug-likeness (QED) is 0.901. The van der Waals surface area contributed by atoms with Crippen molar-refractivity contribution in [3.63, 3.8) is 0 Å². The minimum atomic E-state index is -0.920. The Morgan fingerprint density at radius 3 is 2.92 bits per heavy atom. The molecule has 2 heterocycles. The Labute approximate surface area is 146 Å². The molecule has 0 bridgehead atoms. The van der Waals surface area contributed by atoms with E-state index in [2.05, 4.69) is 4.98 Å². The van der Waals surface area contributed by atoms with Gasteiger partial charge in [0.25, 0.3) is 5.91 Å². The van der Waals surface area contributed by atoms with Gasteiger partial charge in [-0.2, -0.15) is 11.8 Å². The highest BCUT2D eigenvalue weighted by molar-refractivity contribution is 7.99. The van der Waals surface area contributed by atoms with E-state index in [1.54, 1.807) is 34.9 Å². The maximum absolute atomic E-state index is 13.8. The number of amides is 1. The van der Waals surface area contributed by atoms with Crippen LogP contribution in [0.15, 0.2) is 30.5 Å². The van der Waals surface area contributed by atoms with Crippen molar-refractivity contribution in [1.29, 1.82) is 0 Å². The van der Waals surface area contributed by atoms with Gasteiger partial charge in [-0.25, -0.2) is 9.37 Å². The summed E-state index contributed by atoms with van der Waals surface area (Å²) in [5, 5.41) is 9.46. The van der Waals surface area contributed by atoms with E-state index < -0.39 is 5.97 Å². The van der Waals surface area contributed by atoms with Crippen molar-refractivity contribution in [2.45, 2.75) is 12.5 Å². The van der Waals surface area contributed by atoms with Gasteiger partial charge in [-0.05, 0) is 12.1 Å². The van der Waals surface area contributed by atoms with E-state index in [9.17, 15) is 14.0 Å². The summed E-state index contributed by atoms with van der Waals surface area (Å²) in [5.41, 5.74) is 0.359. The standard InChI is InChI=1S/C16H15FN2O3S2/c17-12-4-2-1-3-11(12)15-18-8-13(24-15)16(22)19-5-6-23-9-10(19)7-14(20)21/h1-4,8,10H,5-7,9H2,(H,20,21). The fraction of sp³-hybridized carbons (Fsp3) is 0.312. The summed E-state index contributed by atoms with van der Waals surface area (Å²) in [6, 6.07) is 5.95. The molecule has 1 fully saturated rings. The maximum Gasteiger partial charge on any atom is 0.305 e. The number of aliphatic carboxylic acids is 1. The van der Waals surface area contributed by atoms with Crippen molar-refractivity contribution >= 4 is 35.0 Å². The van der Waals surface area contributed by atoms with Crippen molar-refractivity contribution < 1.29 is 19.1 Å². The van der Waals surface area contributed by atoms with Crippen LogP contribution in [0.2, 0.25) is 0 Å². The molecule has 1 atom stereocenters. The number of aromatic nitrogens is 1. The van der Waals surface area contributed by atoms with Crippen molar-refractivity contribution in [3.8, 4) is 10.6 Å². The molecule has 5 nitrogen and oxygen atoms in total. The van der Waals surface area contributed by atoms with Crippen LogP contribution < -0.4 is 0 Å². The largest absolute Gasteiger partial charge is 0.481 e. The molecule has 0 saturated carbocycles. The van der Waals surface area contributed by atoms with Crippen LogP contribution in [0.5, 0.6) is 0 Å². The Morgan fingerprint density at radius 2 is 2.17 bits per heavy atom. The van der Waals surface area contributed by atoms with Crippen LogP contribution in [-0.2, 0) is 4.79 Å². The van der Waals surface area contributed by atoms with Gasteiger partial charge in [0.15, 0.2) is 0 Å². The molecule has 1 unspecified atom stereocenters. The molecule has 3 rings (SSSR count). The Hall–Kier alpha value is -1.93. The summed E-state index contributed by atoms with van der Waals surface area (Å²) >= 11 is 2.77. The van der Waals surface area contributed by atoms with E-state index in [4.69, 9.17) is 5.11 Å². The van der Waals surface area contributed by atoms with Crippen molar-refractivity contribution in [1.82, 2.24) is 9.88 Å². The third kappa shape index (κ3) is 3.59. The van der Waals surface area contributed by atoms with Gasteiger partial charge in [0.05, 0.1) is 18.7 Å². The minimum absolute atomic E-state index is 0.0717. The van der Waals surface area contributed by atoms with Gasteiger partial charge in [-0.3, -0.25) is 9.59 Å². The molecule has 1 aliphatic heterocycles. The highest BCUT2D eigenvalue weighted by Crippen LogP contribution is 2.29. The fourth-order valence-electron chi connectivity index (χ4n) is 2.57. The summed E-state index contributed by atoms with van der Waals surface area (Å²) in [6.45, 7) is 0.508. The van der Waals surface area contributed by atoms with Crippen molar-refractivity contribution in [3.05, 3.63) is 41.2 Å². The second-order valence-corrected chi connectivity index (χ2v) is 7.52. The predicted octanol–water partition coefficient (Wildman–Crippen LogP) is 2.98. The van der Waals surface area contributed by atoms with Gasteiger partial charge >= 0.3 is 5.97 Å². The molecular formula is C16H15FN2O3S2. The smallest absolute Gasteiger partial charge is 0.305 e. The van der Waals surface area contributed by atoms with Gasteiger partial charge in [0.1, 0.15) is 15.7 Å². The molecule has 8 heteroatoms. The number of carboxylic acids is 1. The molecule has 1 saturated heterocycles. The molecule has 1 N–H and O–H groups in total. The summed E-state index contributed by atoms with van der Waals surface area (Å²) in [7, 11) is 0. The lowest BCUT2D eigenvalue weighted by molar-refractivity contribution is -0.138. The van der Waals surface area contributed by atoms with Crippen LogP contribution in [0.1, 0.15) is 16.1 Å². The number of carbonyl (C=O) groups is 2. The van der Waals surface area contributed by atoms with Gasteiger partial charge in [0, 0.05) is 23.6 Å². The van der Waals surface area contributed by atoms with E-state index in [0.717, 1.165) is 17.1 Å². The molecule has 0 spiro atoms. The molecule has 1 aromatic carbocycles. The lowest BCUT2D eigenvalue weighted by Crippen LogP contribution is -2.46. The number of thiazole rings is 1. The number of nitrogens with zero attached hydrogens (tertiary/aromatic N) is 2. The van der Waals surface area contributed by atoms with Crippen LogP contribution >= 0.6 is 23.1 Å². The average Bonchev–Trinajstić information content (AvgIpc) is 3.04. The zero-order chi connectivity index (χ0) is 17.1. The SMILES string of the molecule is O=C(O)CC1CSCCN1C(=O)c1cnc(-c2ccccc2F)s1. The minimum Gasteiger partial charge on any atom is -0.481 e. The first kappa shape index (κ1) is 16.9. The van der Waals surface area contributed by atoms with Gasteiger partial charge in [0.2, 0.25) is 0 Å². The van der Waals surface area contributed by atoms with E-state index in [0.29, 0.717) is 27.7 Å². The summed E-state index contributed by atoms with van der Waals surface area (Å²) in [5.74, 6) is -0.153. The molecule has 2 aromatic rings. The lowest BCUT2D eigenvalue weighted by Gasteiger charge is -2.34. The number of hydrogen-bond acceptors (Lipinski definition) is 5. The Kier molecular flexibility index (Phi) is 5.15. The molecule has 0 radical (unpaired) electrons. The molecule has 1 amide bonds. The molecule has 1 aliphatic rings. The second-order valence-electron chi connectivity index (χ2n) is 5.33. The van der Waals surface area contributed by atoms with Crippen LogP contribution in [0.25, 0.3) is 10.6 Å². The lowest BCUT2D eigenvalue weighted by atomic mass is 10.2. The first-order valence-corrected chi connectivity index (χ1v) is 9.34. The maximum atomic E-state index is 13.8. The predicted molar refractivity (Wildman–Crippen MR) is 91.9 cm³/mol. The summed E-state index contributed by atoms with van der Waals surface area (Å²) < 4.78 is 13.8. The Balaban J connectivity index is 1.82. The average molecular weight is 366 g/mol. The zero-order valence-corrected chi connectivity index (χ0v) is 14.3. The molecule has 1 aromatic heterocycles. The third-order valence-corrected chi connectivity index (χ3v) is 5.83. The van der Waals surface area contributed by atoms with Crippen molar-refractivity contribution in [2.24, 2.45) is 0 Å². The molecule has 126 valence electrons. The highest BCUT2D eigenvalue weighted by atomic mass is 32.2. The van der Waals surface area contributed by atoms with Crippen LogP contribution in [0.3, 0.4) is 0 Å². The summed E-state index contributed by atoms with van der Waals surface area (Å²) in [6.07, 6.45) is 1.37. The number of rotatable bonds is 4. The highest BCUT2D eigenvalue weighted by Gasteiger charge is 2.30. The normalized spacial score (nSPS) is 17.7. The number of halogens is 1. The van der Waals surface area contributed by atoms with Gasteiger partial charge in [-0.15, -0.1) is 11.3 Å². The van der Waals surface area contributed by atoms with Crippen LogP contribution in [-0.4, -0.2) is 51.0 Å². The number of hydrogen-bond donors (Lipinski definition) is 1. The van der Waals surface area contributed by atoms with Crippen LogP contribution in [0, 0.1) is 5.82 Å². The van der Waals surface area contributed by atoms with E-state index in [1.165, 1.54) is 12.3 Å². The molecular weight excluding hydrogens is 351 g/mol.